The predicted molar refractivity (Wildman–Crippen MR) is 219 cm³/mol. The highest BCUT2D eigenvalue weighted by molar-refractivity contribution is 5.77. The van der Waals surface area contributed by atoms with E-state index in [1.54, 1.807) is 0 Å². The minimum Gasteiger partial charge on any atom is -0.432 e. The fourth-order valence-electron chi connectivity index (χ4n) is 13.5. The largest absolute Gasteiger partial charge is 0.432 e. The SMILES string of the molecule is C=C1C[C@@]23CCC4[C@@](C)(CCC[C@@]4(C)C(=O)O[C@@H]4O[C@H](CO)[C@@H](O)[C@H](O)[C@H]4O)C2CC[C@]1(O[C@@H]1O[C@H](CO)[C@@H](O)[C@H](O[C@@H]2O[C@H](CO)[C@@H](O)[C@H](O)[C@H]2O)[C@H]1O[C@@H]1O[C@H](CO)[C@@H](O)[C@H](O)[C@H]1O)C3. The highest BCUT2D eigenvalue weighted by atomic mass is 16.8. The molecule has 2 bridgehead atoms. The van der Waals surface area contributed by atoms with Crippen molar-refractivity contribution in [3.05, 3.63) is 12.2 Å². The molecule has 67 heavy (non-hydrogen) atoms. The van der Waals surface area contributed by atoms with Crippen LogP contribution >= 0.6 is 0 Å². The first kappa shape index (κ1) is 51.7. The highest BCUT2D eigenvalue weighted by Crippen LogP contribution is 2.74. The second kappa shape index (κ2) is 19.4. The molecule has 4 heterocycles. The lowest BCUT2D eigenvalue weighted by Crippen LogP contribution is -2.68. The molecule has 4 aliphatic carbocycles. The van der Waals surface area contributed by atoms with E-state index in [1.807, 2.05) is 6.92 Å². The molecular weight excluding hydrogens is 896 g/mol. The Morgan fingerprint density at radius 3 is 1.57 bits per heavy atom. The van der Waals surface area contributed by atoms with Gasteiger partial charge in [-0.3, -0.25) is 4.79 Å². The van der Waals surface area contributed by atoms with Gasteiger partial charge in [0.15, 0.2) is 18.9 Å². The number of hydrogen-bond donors (Lipinski definition) is 14. The molecule has 2 unspecified atom stereocenters. The summed E-state index contributed by atoms with van der Waals surface area (Å²) >= 11 is 0. The maximum Gasteiger partial charge on any atom is 0.314 e. The van der Waals surface area contributed by atoms with E-state index >= 15 is 0 Å². The molecule has 23 nitrogen and oxygen atoms in total. The van der Waals surface area contributed by atoms with E-state index < -0.39 is 177 Å². The highest BCUT2D eigenvalue weighted by Gasteiger charge is 2.70. The molecule has 0 amide bonds. The Bertz CT molecular complexity index is 1760. The zero-order valence-electron chi connectivity index (χ0n) is 37.5. The van der Waals surface area contributed by atoms with Gasteiger partial charge in [0, 0.05) is 0 Å². The third-order valence-corrected chi connectivity index (χ3v) is 17.1. The first-order chi connectivity index (χ1) is 31.6. The van der Waals surface area contributed by atoms with Crippen LogP contribution in [0, 0.1) is 28.1 Å². The van der Waals surface area contributed by atoms with Crippen molar-refractivity contribution < 1.29 is 114 Å². The van der Waals surface area contributed by atoms with Crippen LogP contribution in [0.1, 0.15) is 71.6 Å². The van der Waals surface area contributed by atoms with E-state index in [1.165, 1.54) is 0 Å². The Kier molecular flexibility index (Phi) is 15.0. The van der Waals surface area contributed by atoms with E-state index in [0.717, 1.165) is 6.42 Å². The molecule has 1 spiro atoms. The van der Waals surface area contributed by atoms with Crippen molar-refractivity contribution in [2.24, 2.45) is 28.1 Å². The number of hydrogen-bond acceptors (Lipinski definition) is 23. The lowest BCUT2D eigenvalue weighted by molar-refractivity contribution is -0.400. The molecular formula is C44H70O23. The molecule has 8 rings (SSSR count). The van der Waals surface area contributed by atoms with Crippen molar-refractivity contribution in [3.8, 4) is 0 Å². The summed E-state index contributed by atoms with van der Waals surface area (Å²) in [5.74, 6) is -0.805. The summed E-state index contributed by atoms with van der Waals surface area (Å²) in [6.07, 6.45) is -29.1. The van der Waals surface area contributed by atoms with Gasteiger partial charge in [-0.05, 0) is 86.5 Å². The fourth-order valence-corrected chi connectivity index (χ4v) is 13.5. The van der Waals surface area contributed by atoms with Crippen LogP contribution in [0.3, 0.4) is 0 Å². The van der Waals surface area contributed by atoms with E-state index in [4.69, 9.17) is 37.9 Å². The molecule has 0 radical (unpaired) electrons. The topological polar surface area (TPSA) is 374 Å². The Labute approximate surface area is 386 Å². The van der Waals surface area contributed by atoms with Crippen LogP contribution < -0.4 is 0 Å². The number of rotatable bonds is 12. The summed E-state index contributed by atoms with van der Waals surface area (Å²) in [5, 5.41) is 148. The predicted octanol–water partition coefficient (Wildman–Crippen LogP) is -5.11. The Balaban J connectivity index is 1.06. The Morgan fingerprint density at radius 2 is 1.03 bits per heavy atom. The number of carbonyl (C=O) groups excluding carboxylic acids is 1. The van der Waals surface area contributed by atoms with Crippen LogP contribution in [0.15, 0.2) is 12.2 Å². The summed E-state index contributed by atoms with van der Waals surface area (Å²) in [6, 6.07) is 0. The molecule has 14 N–H and O–H groups in total. The number of ether oxygens (including phenoxy) is 8. The van der Waals surface area contributed by atoms with Gasteiger partial charge < -0.3 is 109 Å². The summed E-state index contributed by atoms with van der Waals surface area (Å²) in [4.78, 5) is 14.3. The lowest BCUT2D eigenvalue weighted by atomic mass is 9.41. The molecule has 23 heteroatoms. The number of esters is 1. The number of carbonyl (C=O) groups is 1. The monoisotopic (exact) mass is 966 g/mol. The second-order valence-corrected chi connectivity index (χ2v) is 20.8. The molecule has 4 aliphatic heterocycles. The average Bonchev–Trinajstić information content (AvgIpc) is 3.50. The van der Waals surface area contributed by atoms with Crippen molar-refractivity contribution in [2.75, 3.05) is 26.4 Å². The third-order valence-electron chi connectivity index (χ3n) is 17.1. The second-order valence-electron chi connectivity index (χ2n) is 20.8. The lowest BCUT2D eigenvalue weighted by Gasteiger charge is -2.64. The van der Waals surface area contributed by atoms with E-state index in [9.17, 15) is 76.3 Å². The maximum absolute atomic E-state index is 14.3. The summed E-state index contributed by atoms with van der Waals surface area (Å²) in [7, 11) is 0. The minimum atomic E-state index is -1.95. The number of aliphatic hydroxyl groups is 14. The molecule has 4 saturated carbocycles. The van der Waals surface area contributed by atoms with Gasteiger partial charge in [0.2, 0.25) is 6.29 Å². The van der Waals surface area contributed by atoms with Crippen LogP contribution in [-0.2, 0) is 42.7 Å². The van der Waals surface area contributed by atoms with Crippen molar-refractivity contribution in [2.45, 2.75) is 200 Å². The molecule has 8 aliphatic rings. The van der Waals surface area contributed by atoms with Gasteiger partial charge in [-0.15, -0.1) is 0 Å². The summed E-state index contributed by atoms with van der Waals surface area (Å²) in [5.41, 5.74) is -2.33. The quantitative estimate of drug-likeness (QED) is 0.0494. The molecule has 26 atom stereocenters. The van der Waals surface area contributed by atoms with Crippen LogP contribution in [0.2, 0.25) is 0 Å². The van der Waals surface area contributed by atoms with Gasteiger partial charge in [-0.1, -0.05) is 19.9 Å². The normalized spacial score (nSPS) is 54.5. The van der Waals surface area contributed by atoms with Crippen LogP contribution in [0.25, 0.3) is 0 Å². The van der Waals surface area contributed by atoms with Crippen molar-refractivity contribution >= 4 is 5.97 Å². The molecule has 0 aromatic heterocycles. The smallest absolute Gasteiger partial charge is 0.314 e. The molecule has 4 saturated heterocycles. The summed E-state index contributed by atoms with van der Waals surface area (Å²) in [6.45, 7) is 5.41. The van der Waals surface area contributed by atoms with Crippen molar-refractivity contribution in [1.29, 1.82) is 0 Å². The Morgan fingerprint density at radius 1 is 0.567 bits per heavy atom. The average molecular weight is 967 g/mol. The van der Waals surface area contributed by atoms with E-state index in [2.05, 4.69) is 13.5 Å². The first-order valence-electron chi connectivity index (χ1n) is 23.4. The van der Waals surface area contributed by atoms with Crippen LogP contribution in [0.5, 0.6) is 0 Å². The summed E-state index contributed by atoms with van der Waals surface area (Å²) < 4.78 is 48.2. The van der Waals surface area contributed by atoms with E-state index in [0.29, 0.717) is 56.9 Å². The maximum atomic E-state index is 14.3. The molecule has 0 aromatic rings. The van der Waals surface area contributed by atoms with Gasteiger partial charge in [0.1, 0.15) is 97.7 Å². The first-order valence-corrected chi connectivity index (χ1v) is 23.4. The molecule has 384 valence electrons. The van der Waals surface area contributed by atoms with Gasteiger partial charge >= 0.3 is 5.97 Å². The third kappa shape index (κ3) is 8.63. The van der Waals surface area contributed by atoms with Gasteiger partial charge in [-0.25, -0.2) is 0 Å². The zero-order valence-corrected chi connectivity index (χ0v) is 37.5. The zero-order chi connectivity index (χ0) is 48.7. The number of aliphatic hydroxyl groups excluding tert-OH is 14. The van der Waals surface area contributed by atoms with Crippen molar-refractivity contribution in [1.82, 2.24) is 0 Å². The Hall–Kier alpha value is -1.63. The van der Waals surface area contributed by atoms with Gasteiger partial charge in [0.25, 0.3) is 0 Å². The molecule has 0 aromatic carbocycles. The van der Waals surface area contributed by atoms with Crippen LogP contribution in [0.4, 0.5) is 0 Å². The van der Waals surface area contributed by atoms with Gasteiger partial charge in [0.05, 0.1) is 37.4 Å². The standard InChI is InChI=1S/C44H70O23/c1-17-11-43-9-5-22-41(2,7-4-8-42(22,3)40(59)66-38-33(58)30(55)26(51)20(14-47)62-38)23(43)6-10-44(17,16-43)67-39-35(65-37-32(57)29(54)25(50)19(13-46)61-37)34(27(52)21(15-48)63-39)64-36-31(56)28(53)24(49)18(12-45)60-36/h18-39,45-58H,1,4-16H2,2-3H3/t18-,19-,20-,21-,22?,23?,24-,25-,26-,27-,28+,29+,30+,31-,32-,33-,34+,35-,36+,37+,38+,39+,41-,42-,43-,44+/m1/s1. The minimum absolute atomic E-state index is 0.0251. The van der Waals surface area contributed by atoms with Gasteiger partial charge in [-0.2, -0.15) is 0 Å². The fraction of sp³-hybridized carbons (Fsp3) is 0.932. The van der Waals surface area contributed by atoms with Crippen LogP contribution in [-0.4, -0.2) is 232 Å². The molecule has 8 fully saturated rings. The van der Waals surface area contributed by atoms with Crippen molar-refractivity contribution in [3.63, 3.8) is 0 Å². The number of fused-ring (bicyclic) bond motifs is 3. The van der Waals surface area contributed by atoms with E-state index in [-0.39, 0.29) is 11.8 Å².